The van der Waals surface area contributed by atoms with Crippen LogP contribution >= 0.6 is 0 Å². The van der Waals surface area contributed by atoms with E-state index in [4.69, 9.17) is 14.6 Å². The number of carbonyl (C=O) groups is 2. The Morgan fingerprint density at radius 1 is 1.27 bits per heavy atom. The number of rotatable bonds is 5. The van der Waals surface area contributed by atoms with Crippen LogP contribution in [0.15, 0.2) is 24.3 Å². The van der Waals surface area contributed by atoms with E-state index in [1.807, 2.05) is 0 Å². The van der Waals surface area contributed by atoms with Crippen molar-refractivity contribution in [2.75, 3.05) is 6.61 Å². The smallest absolute Gasteiger partial charge is 0.462 e. The van der Waals surface area contributed by atoms with E-state index in [0.29, 0.717) is 5.69 Å². The van der Waals surface area contributed by atoms with Crippen LogP contribution in [0.3, 0.4) is 0 Å². The van der Waals surface area contributed by atoms with Gasteiger partial charge in [-0.15, -0.1) is 0 Å². The lowest BCUT2D eigenvalue weighted by Gasteiger charge is -2.17. The Kier molecular flexibility index (Phi) is 5.51. The Morgan fingerprint density at radius 2 is 1.96 bits per heavy atom. The number of hydrogen-bond donors (Lipinski definition) is 1. The number of benzene rings is 1. The van der Waals surface area contributed by atoms with E-state index >= 15 is 0 Å². The van der Waals surface area contributed by atoms with Gasteiger partial charge in [0.05, 0.1) is 28.5 Å². The molecule has 1 aromatic carbocycles. The maximum Gasteiger partial charge on any atom is 0.511 e. The van der Waals surface area contributed by atoms with E-state index in [0.717, 1.165) is 0 Å². The molecule has 26 heavy (non-hydrogen) atoms. The minimum absolute atomic E-state index is 0.00537. The van der Waals surface area contributed by atoms with Crippen molar-refractivity contribution in [1.82, 2.24) is 4.98 Å². The van der Waals surface area contributed by atoms with Gasteiger partial charge in [0.2, 0.25) is 0 Å². The number of carboxylic acid groups (broad SMARTS) is 1. The molecule has 0 unspecified atom stereocenters. The van der Waals surface area contributed by atoms with Crippen LogP contribution in [0.5, 0.6) is 5.75 Å². The van der Waals surface area contributed by atoms with E-state index in [-0.39, 0.29) is 40.4 Å². The van der Waals surface area contributed by atoms with Gasteiger partial charge in [-0.2, -0.15) is 0 Å². The van der Waals surface area contributed by atoms with Crippen LogP contribution in [0.4, 0.5) is 10.5 Å². The lowest BCUT2D eigenvalue weighted by molar-refractivity contribution is -0.384. The minimum Gasteiger partial charge on any atom is -0.462 e. The second-order valence-corrected chi connectivity index (χ2v) is 5.26. The van der Waals surface area contributed by atoms with Gasteiger partial charge in [-0.05, 0) is 26.3 Å². The van der Waals surface area contributed by atoms with Crippen molar-refractivity contribution in [2.45, 2.75) is 20.8 Å². The lowest BCUT2D eigenvalue weighted by Crippen LogP contribution is -2.14. The first-order valence-electron chi connectivity index (χ1n) is 7.60. The number of nitro benzene ring substituents is 1. The summed E-state index contributed by atoms with van der Waals surface area (Å²) in [6.45, 7) is 4.79. The van der Waals surface area contributed by atoms with Gasteiger partial charge in [-0.3, -0.25) is 15.1 Å². The summed E-state index contributed by atoms with van der Waals surface area (Å²) in [5.41, 5.74) is 0.617. The van der Waals surface area contributed by atoms with Crippen LogP contribution in [0.1, 0.15) is 28.7 Å². The normalized spacial score (nSPS) is 10.3. The third-order valence-electron chi connectivity index (χ3n) is 3.52. The Balaban J connectivity index is 2.85. The van der Waals surface area contributed by atoms with Crippen LogP contribution in [-0.2, 0) is 4.74 Å². The number of esters is 1. The molecule has 0 aliphatic rings. The van der Waals surface area contributed by atoms with E-state index in [9.17, 15) is 19.7 Å². The molecule has 0 amide bonds. The van der Waals surface area contributed by atoms with Crippen LogP contribution in [-0.4, -0.2) is 33.7 Å². The minimum atomic E-state index is -1.60. The van der Waals surface area contributed by atoms with Gasteiger partial charge in [-0.1, -0.05) is 12.1 Å². The molecule has 0 aliphatic heterocycles. The van der Waals surface area contributed by atoms with Crippen LogP contribution in [0.25, 0.3) is 11.1 Å². The number of aryl methyl sites for hydroxylation is 2. The second kappa shape index (κ2) is 7.60. The number of carbonyl (C=O) groups excluding carboxylic acids is 1. The molecule has 2 rings (SSSR count). The highest BCUT2D eigenvalue weighted by molar-refractivity contribution is 6.01. The molecule has 0 radical (unpaired) electrons. The molecule has 9 nitrogen and oxygen atoms in total. The average molecular weight is 360 g/mol. The highest BCUT2D eigenvalue weighted by atomic mass is 16.7. The number of non-ortho nitro benzene ring substituents is 1. The highest BCUT2D eigenvalue weighted by Gasteiger charge is 2.26. The molecule has 0 fully saturated rings. The number of ether oxygens (including phenoxy) is 2. The Hall–Kier alpha value is -3.49. The zero-order valence-electron chi connectivity index (χ0n) is 14.3. The largest absolute Gasteiger partial charge is 0.511 e. The van der Waals surface area contributed by atoms with Crippen molar-refractivity contribution in [2.24, 2.45) is 0 Å². The van der Waals surface area contributed by atoms with Crippen molar-refractivity contribution < 1.29 is 29.1 Å². The predicted molar refractivity (Wildman–Crippen MR) is 90.4 cm³/mol. The molecule has 1 aromatic heterocycles. The number of aromatic nitrogens is 1. The lowest BCUT2D eigenvalue weighted by atomic mass is 9.96. The summed E-state index contributed by atoms with van der Waals surface area (Å²) in [6.07, 6.45) is -1.60. The molecule has 1 N–H and O–H groups in total. The second-order valence-electron chi connectivity index (χ2n) is 5.26. The number of pyridine rings is 1. The molecule has 0 bridgehead atoms. The molecule has 0 saturated heterocycles. The monoisotopic (exact) mass is 360 g/mol. The summed E-state index contributed by atoms with van der Waals surface area (Å²) >= 11 is 0. The first-order valence-corrected chi connectivity index (χ1v) is 7.60. The number of nitrogens with zero attached hydrogens (tertiary/aromatic N) is 2. The third-order valence-corrected chi connectivity index (χ3v) is 3.52. The van der Waals surface area contributed by atoms with E-state index < -0.39 is 17.0 Å². The predicted octanol–water partition coefficient (Wildman–Crippen LogP) is 3.51. The van der Waals surface area contributed by atoms with Crippen molar-refractivity contribution in [3.63, 3.8) is 0 Å². The SMILES string of the molecule is CCOC(=O)c1c(C)nc(C)c(OC(=O)O)c1-c1cccc([N+](=O)[O-])c1. The summed E-state index contributed by atoms with van der Waals surface area (Å²) in [6, 6.07) is 5.45. The Labute approximate surface area is 148 Å². The van der Waals surface area contributed by atoms with E-state index in [1.165, 1.54) is 31.2 Å². The summed E-state index contributed by atoms with van der Waals surface area (Å²) < 4.78 is 9.86. The van der Waals surface area contributed by atoms with Gasteiger partial charge in [0.15, 0.2) is 5.75 Å². The third kappa shape index (κ3) is 3.77. The molecule has 0 saturated carbocycles. The first kappa shape index (κ1) is 18.8. The molecule has 136 valence electrons. The molecule has 1 heterocycles. The van der Waals surface area contributed by atoms with Crippen molar-refractivity contribution >= 4 is 17.8 Å². The summed E-state index contributed by atoms with van der Waals surface area (Å²) in [5, 5.41) is 20.1. The maximum atomic E-state index is 12.4. The first-order chi connectivity index (χ1) is 12.3. The fraction of sp³-hybridized carbons (Fsp3) is 0.235. The summed E-state index contributed by atoms with van der Waals surface area (Å²) in [7, 11) is 0. The Morgan fingerprint density at radius 3 is 2.54 bits per heavy atom. The van der Waals surface area contributed by atoms with Crippen molar-refractivity contribution in [1.29, 1.82) is 0 Å². The molecule has 9 heteroatoms. The van der Waals surface area contributed by atoms with Crippen molar-refractivity contribution in [3.05, 3.63) is 51.3 Å². The fourth-order valence-electron chi connectivity index (χ4n) is 2.55. The standard InChI is InChI=1S/C17H16N2O7/c1-4-25-16(20)13-9(2)18-10(3)15(26-17(21)22)14(13)11-6-5-7-12(8-11)19(23)24/h5-8H,4H2,1-3H3,(H,21,22). The molecular formula is C17H16N2O7. The zero-order chi connectivity index (χ0) is 19.4. The Bertz CT molecular complexity index is 893. The fourth-order valence-corrected chi connectivity index (χ4v) is 2.55. The van der Waals surface area contributed by atoms with Gasteiger partial charge in [0.1, 0.15) is 0 Å². The molecule has 0 aliphatic carbocycles. The number of hydrogen-bond acceptors (Lipinski definition) is 7. The van der Waals surface area contributed by atoms with Gasteiger partial charge in [-0.25, -0.2) is 9.59 Å². The van der Waals surface area contributed by atoms with Crippen LogP contribution < -0.4 is 4.74 Å². The summed E-state index contributed by atoms with van der Waals surface area (Å²) in [5.74, 6) is -0.902. The molecule has 2 aromatic rings. The van der Waals surface area contributed by atoms with Crippen LogP contribution in [0.2, 0.25) is 0 Å². The zero-order valence-corrected chi connectivity index (χ0v) is 14.3. The van der Waals surface area contributed by atoms with E-state index in [1.54, 1.807) is 13.8 Å². The quantitative estimate of drug-likeness (QED) is 0.487. The van der Waals surface area contributed by atoms with Crippen molar-refractivity contribution in [3.8, 4) is 16.9 Å². The van der Waals surface area contributed by atoms with Gasteiger partial charge >= 0.3 is 12.1 Å². The molecular weight excluding hydrogens is 344 g/mol. The van der Waals surface area contributed by atoms with Crippen LogP contribution in [0, 0.1) is 24.0 Å². The maximum absolute atomic E-state index is 12.4. The van der Waals surface area contributed by atoms with E-state index in [2.05, 4.69) is 4.98 Å². The highest BCUT2D eigenvalue weighted by Crippen LogP contribution is 2.38. The molecule has 0 spiro atoms. The number of nitro groups is 1. The molecule has 0 atom stereocenters. The van der Waals surface area contributed by atoms with Gasteiger partial charge in [0.25, 0.3) is 5.69 Å². The summed E-state index contributed by atoms with van der Waals surface area (Å²) in [4.78, 5) is 38.2. The topological polar surface area (TPSA) is 129 Å². The van der Waals surface area contributed by atoms with Gasteiger partial charge in [0, 0.05) is 17.7 Å². The average Bonchev–Trinajstić information content (AvgIpc) is 2.56. The van der Waals surface area contributed by atoms with Gasteiger partial charge < -0.3 is 14.6 Å².